The third kappa shape index (κ3) is 2.71. The summed E-state index contributed by atoms with van der Waals surface area (Å²) >= 11 is 0. The predicted octanol–water partition coefficient (Wildman–Crippen LogP) is 1.80. The van der Waals surface area contributed by atoms with Gasteiger partial charge in [0.25, 0.3) is 0 Å². The van der Waals surface area contributed by atoms with E-state index in [1.165, 1.54) is 0 Å². The van der Waals surface area contributed by atoms with Gasteiger partial charge in [0.2, 0.25) is 0 Å². The van der Waals surface area contributed by atoms with E-state index in [-0.39, 0.29) is 13.2 Å². The fraction of sp³-hybridized carbons (Fsp3) is 0.364. The molecule has 0 amide bonds. The van der Waals surface area contributed by atoms with E-state index >= 15 is 0 Å². The van der Waals surface area contributed by atoms with Crippen LogP contribution in [0.1, 0.15) is 11.9 Å². The Morgan fingerprint density at radius 1 is 1.25 bits per heavy atom. The van der Waals surface area contributed by atoms with Crippen molar-refractivity contribution in [1.82, 2.24) is 0 Å². The van der Waals surface area contributed by atoms with Crippen LogP contribution < -0.4 is 0 Å². The third-order valence-corrected chi connectivity index (χ3v) is 2.21. The Hall–Kier alpha value is -1.59. The van der Waals surface area contributed by atoms with E-state index in [0.717, 1.165) is 5.56 Å². The number of rotatable bonds is 2. The third-order valence-electron chi connectivity index (χ3n) is 2.21. The molecule has 2 rings (SSSR count). The summed E-state index contributed by atoms with van der Waals surface area (Å²) in [5, 5.41) is 8.42. The molecule has 1 N–H and O–H groups in total. The summed E-state index contributed by atoms with van der Waals surface area (Å²) < 4.78 is 15.3. The van der Waals surface area contributed by atoms with Gasteiger partial charge in [0.05, 0.1) is 13.2 Å². The van der Waals surface area contributed by atoms with Crippen molar-refractivity contribution in [3.63, 3.8) is 0 Å². The standard InChI is InChI=1S/C11H12O5/c12-11(13)16-9-6-14-10(15-7-9)8-4-2-1-3-5-8/h1-5,9-10H,6-7H2,(H,12,13). The van der Waals surface area contributed by atoms with E-state index in [4.69, 9.17) is 14.6 Å². The maximum absolute atomic E-state index is 10.3. The summed E-state index contributed by atoms with van der Waals surface area (Å²) in [7, 11) is 0. The summed E-state index contributed by atoms with van der Waals surface area (Å²) in [4.78, 5) is 10.3. The van der Waals surface area contributed by atoms with Crippen LogP contribution >= 0.6 is 0 Å². The highest BCUT2D eigenvalue weighted by atomic mass is 16.7. The van der Waals surface area contributed by atoms with Crippen LogP contribution in [0.25, 0.3) is 0 Å². The number of hydrogen-bond acceptors (Lipinski definition) is 4. The average Bonchev–Trinajstić information content (AvgIpc) is 2.30. The monoisotopic (exact) mass is 224 g/mol. The number of carbonyl (C=O) groups is 1. The second-order valence-corrected chi connectivity index (χ2v) is 3.42. The first-order valence-electron chi connectivity index (χ1n) is 4.93. The van der Waals surface area contributed by atoms with Crippen LogP contribution in [0.15, 0.2) is 30.3 Å². The molecule has 1 aromatic carbocycles. The summed E-state index contributed by atoms with van der Waals surface area (Å²) in [5.41, 5.74) is 0.913. The van der Waals surface area contributed by atoms with E-state index in [0.29, 0.717) is 0 Å². The van der Waals surface area contributed by atoms with Crippen molar-refractivity contribution in [2.24, 2.45) is 0 Å². The summed E-state index contributed by atoms with van der Waals surface area (Å²) in [6.45, 7) is 0.428. The lowest BCUT2D eigenvalue weighted by Gasteiger charge is -2.28. The van der Waals surface area contributed by atoms with Crippen LogP contribution in [-0.2, 0) is 14.2 Å². The van der Waals surface area contributed by atoms with E-state index in [2.05, 4.69) is 4.74 Å². The molecule has 0 unspecified atom stereocenters. The first kappa shape index (κ1) is 10.9. The lowest BCUT2D eigenvalue weighted by Crippen LogP contribution is -2.34. The Morgan fingerprint density at radius 3 is 2.44 bits per heavy atom. The molecule has 16 heavy (non-hydrogen) atoms. The fourth-order valence-electron chi connectivity index (χ4n) is 1.50. The molecule has 0 radical (unpaired) electrons. The second-order valence-electron chi connectivity index (χ2n) is 3.42. The highest BCUT2D eigenvalue weighted by Gasteiger charge is 2.25. The molecule has 1 saturated heterocycles. The first-order chi connectivity index (χ1) is 7.75. The minimum absolute atomic E-state index is 0.214. The number of ether oxygens (including phenoxy) is 3. The molecule has 5 heteroatoms. The molecule has 0 spiro atoms. The van der Waals surface area contributed by atoms with Gasteiger partial charge in [-0.2, -0.15) is 0 Å². The topological polar surface area (TPSA) is 65.0 Å². The van der Waals surface area contributed by atoms with Gasteiger partial charge in [-0.15, -0.1) is 0 Å². The van der Waals surface area contributed by atoms with Crippen molar-refractivity contribution in [3.8, 4) is 0 Å². The molecular formula is C11H12O5. The summed E-state index contributed by atoms with van der Waals surface area (Å²) in [6.07, 6.45) is -2.29. The normalized spacial score (nSPS) is 25.0. The smallest absolute Gasteiger partial charge is 0.450 e. The SMILES string of the molecule is O=C(O)OC1COC(c2ccccc2)OC1. The van der Waals surface area contributed by atoms with Gasteiger partial charge in [0.15, 0.2) is 12.4 Å². The van der Waals surface area contributed by atoms with Gasteiger partial charge in [-0.25, -0.2) is 4.79 Å². The zero-order chi connectivity index (χ0) is 11.4. The maximum Gasteiger partial charge on any atom is 0.506 e. The van der Waals surface area contributed by atoms with E-state index in [1.807, 2.05) is 30.3 Å². The van der Waals surface area contributed by atoms with Crippen molar-refractivity contribution in [1.29, 1.82) is 0 Å². The number of carboxylic acid groups (broad SMARTS) is 1. The number of hydrogen-bond donors (Lipinski definition) is 1. The molecule has 1 aliphatic heterocycles. The first-order valence-corrected chi connectivity index (χ1v) is 4.93. The minimum Gasteiger partial charge on any atom is -0.450 e. The molecule has 5 nitrogen and oxygen atoms in total. The molecule has 1 heterocycles. The van der Waals surface area contributed by atoms with Crippen LogP contribution in [0.4, 0.5) is 4.79 Å². The van der Waals surface area contributed by atoms with Crippen LogP contribution in [0.5, 0.6) is 0 Å². The molecule has 0 aromatic heterocycles. The summed E-state index contributed by atoms with van der Waals surface area (Å²) in [6, 6.07) is 9.47. The fourth-order valence-corrected chi connectivity index (χ4v) is 1.50. The average molecular weight is 224 g/mol. The lowest BCUT2D eigenvalue weighted by molar-refractivity contribution is -0.222. The van der Waals surface area contributed by atoms with Gasteiger partial charge in [-0.1, -0.05) is 30.3 Å². The van der Waals surface area contributed by atoms with Crippen LogP contribution in [0.2, 0.25) is 0 Å². The van der Waals surface area contributed by atoms with Gasteiger partial charge in [0, 0.05) is 5.56 Å². The Kier molecular flexibility index (Phi) is 3.38. The van der Waals surface area contributed by atoms with Gasteiger partial charge in [0.1, 0.15) is 0 Å². The van der Waals surface area contributed by atoms with Crippen molar-refractivity contribution in [3.05, 3.63) is 35.9 Å². The molecule has 0 aliphatic carbocycles. The van der Waals surface area contributed by atoms with Gasteiger partial charge < -0.3 is 19.3 Å². The quantitative estimate of drug-likeness (QED) is 0.776. The van der Waals surface area contributed by atoms with Crippen molar-refractivity contribution in [2.45, 2.75) is 12.4 Å². The van der Waals surface area contributed by atoms with Crippen LogP contribution in [-0.4, -0.2) is 30.6 Å². The molecule has 0 atom stereocenters. The Bertz CT molecular complexity index is 343. The Labute approximate surface area is 92.5 Å². The van der Waals surface area contributed by atoms with E-state index in [9.17, 15) is 4.79 Å². The van der Waals surface area contributed by atoms with E-state index < -0.39 is 18.5 Å². The molecule has 0 saturated carbocycles. The van der Waals surface area contributed by atoms with Gasteiger partial charge >= 0.3 is 6.16 Å². The maximum atomic E-state index is 10.3. The van der Waals surface area contributed by atoms with Crippen molar-refractivity contribution >= 4 is 6.16 Å². The van der Waals surface area contributed by atoms with E-state index in [1.54, 1.807) is 0 Å². The molecule has 0 bridgehead atoms. The molecule has 1 fully saturated rings. The summed E-state index contributed by atoms with van der Waals surface area (Å²) in [5.74, 6) is 0. The largest absolute Gasteiger partial charge is 0.506 e. The minimum atomic E-state index is -1.31. The van der Waals surface area contributed by atoms with Gasteiger partial charge in [-0.3, -0.25) is 0 Å². The molecule has 1 aliphatic rings. The molecular weight excluding hydrogens is 212 g/mol. The van der Waals surface area contributed by atoms with Crippen LogP contribution in [0.3, 0.4) is 0 Å². The second kappa shape index (κ2) is 4.96. The molecule has 86 valence electrons. The zero-order valence-electron chi connectivity index (χ0n) is 8.54. The van der Waals surface area contributed by atoms with Crippen molar-refractivity contribution < 1.29 is 24.1 Å². The zero-order valence-corrected chi connectivity index (χ0v) is 8.54. The highest BCUT2D eigenvalue weighted by Crippen LogP contribution is 2.23. The number of benzene rings is 1. The Morgan fingerprint density at radius 2 is 1.88 bits per heavy atom. The molecule has 1 aromatic rings. The predicted molar refractivity (Wildman–Crippen MR) is 54.0 cm³/mol. The Balaban J connectivity index is 1.88. The highest BCUT2D eigenvalue weighted by molar-refractivity contribution is 5.57. The van der Waals surface area contributed by atoms with Crippen LogP contribution in [0, 0.1) is 0 Å². The lowest BCUT2D eigenvalue weighted by atomic mass is 10.2. The van der Waals surface area contributed by atoms with Crippen molar-refractivity contribution in [2.75, 3.05) is 13.2 Å². The van der Waals surface area contributed by atoms with Gasteiger partial charge in [-0.05, 0) is 0 Å².